The van der Waals surface area contributed by atoms with Crippen molar-refractivity contribution in [2.45, 2.75) is 13.5 Å². The minimum Gasteiger partial charge on any atom is -0.309 e. The Morgan fingerprint density at radius 3 is 2.69 bits per heavy atom. The van der Waals surface area contributed by atoms with Crippen molar-refractivity contribution in [2.24, 2.45) is 0 Å². The van der Waals surface area contributed by atoms with Gasteiger partial charge in [0.15, 0.2) is 0 Å². The Bertz CT molecular complexity index is 616. The quantitative estimate of drug-likeness (QED) is 0.750. The molecule has 0 aliphatic carbocycles. The molecule has 1 aromatic heterocycles. The minimum atomic E-state index is -0.600. The van der Waals surface area contributed by atoms with E-state index in [0.29, 0.717) is 11.9 Å². The van der Waals surface area contributed by atoms with Crippen LogP contribution in [0, 0.1) is 0 Å². The van der Waals surface area contributed by atoms with Crippen LogP contribution in [-0.4, -0.2) is 9.81 Å². The van der Waals surface area contributed by atoms with Gasteiger partial charge in [-0.2, -0.15) is 0 Å². The zero-order valence-corrected chi connectivity index (χ0v) is 9.49. The van der Waals surface area contributed by atoms with E-state index < -0.39 is 5.24 Å². The number of halogens is 1. The molecular formula is C12H10ClNO2. The number of nitrogens with zero attached hydrogens (tertiary/aromatic N) is 1. The number of hydrogen-bond donors (Lipinski definition) is 0. The van der Waals surface area contributed by atoms with Crippen LogP contribution in [0.5, 0.6) is 0 Å². The summed E-state index contributed by atoms with van der Waals surface area (Å²) in [7, 11) is 0. The molecule has 82 valence electrons. The molecule has 0 saturated heterocycles. The molecule has 4 heteroatoms. The molecule has 0 saturated carbocycles. The van der Waals surface area contributed by atoms with E-state index in [4.69, 9.17) is 11.6 Å². The number of carbonyl (C=O) groups is 1. The number of aromatic nitrogens is 1. The van der Waals surface area contributed by atoms with Gasteiger partial charge < -0.3 is 4.57 Å². The van der Waals surface area contributed by atoms with Gasteiger partial charge in [-0.25, -0.2) is 0 Å². The normalized spacial score (nSPS) is 10.6. The maximum atomic E-state index is 11.7. The van der Waals surface area contributed by atoms with E-state index in [-0.39, 0.29) is 11.1 Å². The van der Waals surface area contributed by atoms with Crippen molar-refractivity contribution >= 4 is 27.7 Å². The summed E-state index contributed by atoms with van der Waals surface area (Å²) in [6, 6.07) is 8.54. The third-order valence-corrected chi connectivity index (χ3v) is 2.75. The number of rotatable bonds is 2. The topological polar surface area (TPSA) is 39.1 Å². The van der Waals surface area contributed by atoms with Gasteiger partial charge in [-0.05, 0) is 24.6 Å². The number of pyridine rings is 1. The molecule has 0 N–H and O–H groups in total. The van der Waals surface area contributed by atoms with Gasteiger partial charge in [-0.1, -0.05) is 18.2 Å². The average Bonchev–Trinajstić information content (AvgIpc) is 2.28. The monoisotopic (exact) mass is 235 g/mol. The molecule has 16 heavy (non-hydrogen) atoms. The van der Waals surface area contributed by atoms with Crippen molar-refractivity contribution in [3.8, 4) is 0 Å². The first-order valence-corrected chi connectivity index (χ1v) is 5.35. The fraction of sp³-hybridized carbons (Fsp3) is 0.167. The number of benzene rings is 1. The van der Waals surface area contributed by atoms with Crippen LogP contribution < -0.4 is 5.56 Å². The van der Waals surface area contributed by atoms with Crippen LogP contribution in [0.2, 0.25) is 0 Å². The van der Waals surface area contributed by atoms with E-state index in [1.54, 1.807) is 10.6 Å². The molecule has 0 spiro atoms. The second-order valence-corrected chi connectivity index (χ2v) is 3.77. The summed E-state index contributed by atoms with van der Waals surface area (Å²) >= 11 is 5.46. The Morgan fingerprint density at radius 2 is 2.06 bits per heavy atom. The summed E-state index contributed by atoms with van der Waals surface area (Å²) in [6.45, 7) is 2.45. The molecule has 0 fully saturated rings. The second kappa shape index (κ2) is 4.10. The summed E-state index contributed by atoms with van der Waals surface area (Å²) in [5, 5.41) is 0.112. The number of para-hydroxylation sites is 1. The Hall–Kier alpha value is -1.61. The fourth-order valence-electron chi connectivity index (χ4n) is 1.82. The van der Waals surface area contributed by atoms with Crippen molar-refractivity contribution < 1.29 is 4.79 Å². The summed E-state index contributed by atoms with van der Waals surface area (Å²) in [5.41, 5.74) is 0.804. The van der Waals surface area contributed by atoms with Crippen molar-refractivity contribution in [3.63, 3.8) is 0 Å². The smallest absolute Gasteiger partial charge is 0.253 e. The molecule has 0 bridgehead atoms. The van der Waals surface area contributed by atoms with Crippen LogP contribution in [0.1, 0.15) is 17.3 Å². The fourth-order valence-corrected chi connectivity index (χ4v) is 1.98. The maximum Gasteiger partial charge on any atom is 0.253 e. The number of carbonyl (C=O) groups excluding carboxylic acids is 1. The third-order valence-electron chi connectivity index (χ3n) is 2.55. The van der Waals surface area contributed by atoms with Crippen molar-refractivity contribution in [1.29, 1.82) is 0 Å². The molecule has 2 aromatic rings. The lowest BCUT2D eigenvalue weighted by molar-refractivity contribution is 0.108. The van der Waals surface area contributed by atoms with Gasteiger partial charge in [0.05, 0.1) is 5.52 Å². The predicted octanol–water partition coefficient (Wildman–Crippen LogP) is 2.40. The van der Waals surface area contributed by atoms with Crippen LogP contribution in [-0.2, 0) is 6.54 Å². The van der Waals surface area contributed by atoms with E-state index in [9.17, 15) is 9.59 Å². The van der Waals surface area contributed by atoms with Crippen molar-refractivity contribution in [2.75, 3.05) is 0 Å². The van der Waals surface area contributed by atoms with Gasteiger partial charge in [0.1, 0.15) is 0 Å². The average molecular weight is 236 g/mol. The van der Waals surface area contributed by atoms with Gasteiger partial charge >= 0.3 is 0 Å². The van der Waals surface area contributed by atoms with Gasteiger partial charge in [0.2, 0.25) is 0 Å². The SMILES string of the molecule is CCn1c(=O)cc(C(=O)Cl)c2ccccc21. The largest absolute Gasteiger partial charge is 0.309 e. The van der Waals surface area contributed by atoms with E-state index in [2.05, 4.69) is 0 Å². The Morgan fingerprint density at radius 1 is 1.38 bits per heavy atom. The van der Waals surface area contributed by atoms with Crippen LogP contribution in [0.25, 0.3) is 10.9 Å². The lowest BCUT2D eigenvalue weighted by atomic mass is 10.1. The van der Waals surface area contributed by atoms with Gasteiger partial charge in [0.25, 0.3) is 10.8 Å². The lowest BCUT2D eigenvalue weighted by Gasteiger charge is -2.09. The highest BCUT2D eigenvalue weighted by atomic mass is 35.5. The molecule has 3 nitrogen and oxygen atoms in total. The molecule has 0 aliphatic rings. The highest BCUT2D eigenvalue weighted by molar-refractivity contribution is 6.68. The molecule has 0 aliphatic heterocycles. The molecule has 1 heterocycles. The highest BCUT2D eigenvalue weighted by Crippen LogP contribution is 2.18. The van der Waals surface area contributed by atoms with Crippen LogP contribution in [0.4, 0.5) is 0 Å². The van der Waals surface area contributed by atoms with Gasteiger partial charge in [0, 0.05) is 23.6 Å². The molecule has 0 amide bonds. The zero-order valence-electron chi connectivity index (χ0n) is 8.74. The highest BCUT2D eigenvalue weighted by Gasteiger charge is 2.11. The maximum absolute atomic E-state index is 11.7. The third kappa shape index (κ3) is 1.63. The summed E-state index contributed by atoms with van der Waals surface area (Å²) in [4.78, 5) is 23.0. The van der Waals surface area contributed by atoms with Gasteiger partial charge in [-0.3, -0.25) is 9.59 Å². The molecule has 0 radical (unpaired) electrons. The van der Waals surface area contributed by atoms with E-state index in [1.807, 2.05) is 25.1 Å². The van der Waals surface area contributed by atoms with Crippen LogP contribution in [0.15, 0.2) is 35.1 Å². The first-order valence-electron chi connectivity index (χ1n) is 4.97. The molecular weight excluding hydrogens is 226 g/mol. The van der Waals surface area contributed by atoms with E-state index >= 15 is 0 Å². The number of aryl methyl sites for hydroxylation is 1. The second-order valence-electron chi connectivity index (χ2n) is 3.43. The predicted molar refractivity (Wildman–Crippen MR) is 64.1 cm³/mol. The standard InChI is InChI=1S/C12H10ClNO2/c1-2-14-10-6-4-3-5-8(10)9(12(13)16)7-11(14)15/h3-7H,2H2,1H3. The summed E-state index contributed by atoms with van der Waals surface area (Å²) < 4.78 is 1.61. The summed E-state index contributed by atoms with van der Waals surface area (Å²) in [5.74, 6) is 0. The van der Waals surface area contributed by atoms with Crippen LogP contribution >= 0.6 is 11.6 Å². The minimum absolute atomic E-state index is 0.204. The van der Waals surface area contributed by atoms with Crippen LogP contribution in [0.3, 0.4) is 0 Å². The molecule has 0 unspecified atom stereocenters. The number of fused-ring (bicyclic) bond motifs is 1. The summed E-state index contributed by atoms with van der Waals surface area (Å²) in [6.07, 6.45) is 0. The first-order chi connectivity index (χ1) is 7.65. The Labute approximate surface area is 97.3 Å². The van der Waals surface area contributed by atoms with E-state index in [1.165, 1.54) is 6.07 Å². The first kappa shape index (κ1) is 10.9. The number of hydrogen-bond acceptors (Lipinski definition) is 2. The Kier molecular flexibility index (Phi) is 2.79. The zero-order chi connectivity index (χ0) is 11.7. The van der Waals surface area contributed by atoms with Crippen molar-refractivity contribution in [3.05, 3.63) is 46.2 Å². The molecule has 1 aromatic carbocycles. The Balaban J connectivity index is 2.97. The molecule has 0 atom stereocenters. The molecule has 2 rings (SSSR count). The van der Waals surface area contributed by atoms with Gasteiger partial charge in [-0.15, -0.1) is 0 Å². The van der Waals surface area contributed by atoms with E-state index in [0.717, 1.165) is 5.52 Å². The lowest BCUT2D eigenvalue weighted by Crippen LogP contribution is -2.20. The van der Waals surface area contributed by atoms with Crippen molar-refractivity contribution in [1.82, 2.24) is 4.57 Å².